The molecule has 1 aromatic carbocycles. The van der Waals surface area contributed by atoms with Gasteiger partial charge in [-0.15, -0.1) is 0 Å². The van der Waals surface area contributed by atoms with Gasteiger partial charge < -0.3 is 10.1 Å². The number of para-hydroxylation sites is 1. The molecule has 1 aromatic heterocycles. The molecule has 1 saturated carbocycles. The molecule has 0 atom stereocenters. The number of aromatic nitrogens is 1. The molecule has 112 valence electrons. The highest BCUT2D eigenvalue weighted by molar-refractivity contribution is 5.84. The fraction of sp³-hybridized carbons (Fsp3) is 0.500. The molecule has 0 unspecified atom stereocenters. The summed E-state index contributed by atoms with van der Waals surface area (Å²) in [6, 6.07) is 10.1. The second kappa shape index (κ2) is 7.41. The van der Waals surface area contributed by atoms with Crippen LogP contribution in [-0.4, -0.2) is 24.7 Å². The van der Waals surface area contributed by atoms with E-state index >= 15 is 0 Å². The van der Waals surface area contributed by atoms with Crippen molar-refractivity contribution in [1.29, 1.82) is 0 Å². The smallest absolute Gasteiger partial charge is 0.145 e. The summed E-state index contributed by atoms with van der Waals surface area (Å²) in [4.78, 5) is 4.41. The molecule has 0 spiro atoms. The molecule has 0 aliphatic heterocycles. The van der Waals surface area contributed by atoms with Crippen LogP contribution in [-0.2, 0) is 0 Å². The van der Waals surface area contributed by atoms with Gasteiger partial charge in [0.1, 0.15) is 17.9 Å². The largest absolute Gasteiger partial charge is 0.490 e. The van der Waals surface area contributed by atoms with E-state index < -0.39 is 0 Å². The van der Waals surface area contributed by atoms with E-state index in [0.29, 0.717) is 6.61 Å². The SMILES string of the molecule is c1cnc2c(OCCNCC3CCCCC3)cccc2c1. The molecule has 1 N–H and O–H groups in total. The van der Waals surface area contributed by atoms with E-state index in [1.807, 2.05) is 24.4 Å². The lowest BCUT2D eigenvalue weighted by Crippen LogP contribution is -2.28. The van der Waals surface area contributed by atoms with E-state index in [4.69, 9.17) is 4.74 Å². The monoisotopic (exact) mass is 284 g/mol. The molecule has 21 heavy (non-hydrogen) atoms. The van der Waals surface area contributed by atoms with Gasteiger partial charge in [0.25, 0.3) is 0 Å². The fourth-order valence-corrected chi connectivity index (χ4v) is 3.12. The van der Waals surface area contributed by atoms with Crippen LogP contribution in [0.3, 0.4) is 0 Å². The third kappa shape index (κ3) is 3.94. The van der Waals surface area contributed by atoms with Crippen LogP contribution in [0.25, 0.3) is 10.9 Å². The molecule has 0 saturated heterocycles. The Morgan fingerprint density at radius 2 is 1.95 bits per heavy atom. The average molecular weight is 284 g/mol. The normalized spacial score (nSPS) is 16.2. The number of hydrogen-bond donors (Lipinski definition) is 1. The number of rotatable bonds is 6. The third-order valence-corrected chi connectivity index (χ3v) is 4.29. The lowest BCUT2D eigenvalue weighted by molar-refractivity contribution is 0.296. The van der Waals surface area contributed by atoms with Gasteiger partial charge in [0.05, 0.1) is 0 Å². The highest BCUT2D eigenvalue weighted by atomic mass is 16.5. The van der Waals surface area contributed by atoms with Gasteiger partial charge >= 0.3 is 0 Å². The van der Waals surface area contributed by atoms with Crippen LogP contribution in [0, 0.1) is 5.92 Å². The summed E-state index contributed by atoms with van der Waals surface area (Å²) in [6.07, 6.45) is 8.83. The standard InChI is InChI=1S/C18H24N2O/c1-2-6-15(7-3-1)14-19-12-13-21-17-10-4-8-16-9-5-11-20-18(16)17/h4-5,8-11,15,19H,1-3,6-7,12-14H2. The summed E-state index contributed by atoms with van der Waals surface area (Å²) >= 11 is 0. The van der Waals surface area contributed by atoms with E-state index in [1.165, 1.54) is 32.1 Å². The highest BCUT2D eigenvalue weighted by Gasteiger charge is 2.12. The molecule has 2 aromatic rings. The first-order valence-corrected chi connectivity index (χ1v) is 8.11. The first-order valence-electron chi connectivity index (χ1n) is 8.11. The molecule has 1 aliphatic rings. The first kappa shape index (κ1) is 14.3. The Labute approximate surface area is 126 Å². The summed E-state index contributed by atoms with van der Waals surface area (Å²) in [7, 11) is 0. The Balaban J connectivity index is 1.44. The molecule has 1 fully saturated rings. The van der Waals surface area contributed by atoms with Crippen LogP contribution in [0.15, 0.2) is 36.5 Å². The van der Waals surface area contributed by atoms with Crippen LogP contribution in [0.5, 0.6) is 5.75 Å². The van der Waals surface area contributed by atoms with Crippen molar-refractivity contribution in [3.8, 4) is 5.75 Å². The Morgan fingerprint density at radius 1 is 1.10 bits per heavy atom. The van der Waals surface area contributed by atoms with Gasteiger partial charge in [-0.3, -0.25) is 4.98 Å². The van der Waals surface area contributed by atoms with E-state index in [2.05, 4.69) is 22.4 Å². The van der Waals surface area contributed by atoms with Crippen LogP contribution < -0.4 is 10.1 Å². The maximum Gasteiger partial charge on any atom is 0.145 e. The molecule has 1 aliphatic carbocycles. The Kier molecular flexibility index (Phi) is 5.06. The summed E-state index contributed by atoms with van der Waals surface area (Å²) in [5.74, 6) is 1.76. The first-order chi connectivity index (χ1) is 10.4. The molecule has 3 nitrogen and oxygen atoms in total. The lowest BCUT2D eigenvalue weighted by atomic mass is 9.89. The lowest BCUT2D eigenvalue weighted by Gasteiger charge is -2.21. The van der Waals surface area contributed by atoms with Crippen molar-refractivity contribution in [2.75, 3.05) is 19.7 Å². The molecule has 3 rings (SSSR count). The van der Waals surface area contributed by atoms with Crippen molar-refractivity contribution in [2.45, 2.75) is 32.1 Å². The van der Waals surface area contributed by atoms with Gasteiger partial charge in [-0.05, 0) is 37.4 Å². The van der Waals surface area contributed by atoms with Crippen molar-refractivity contribution in [3.05, 3.63) is 36.5 Å². The molecular weight excluding hydrogens is 260 g/mol. The topological polar surface area (TPSA) is 34.1 Å². The maximum absolute atomic E-state index is 5.88. The number of hydrogen-bond acceptors (Lipinski definition) is 3. The van der Waals surface area contributed by atoms with E-state index in [-0.39, 0.29) is 0 Å². The minimum atomic E-state index is 0.697. The fourth-order valence-electron chi connectivity index (χ4n) is 3.12. The van der Waals surface area contributed by atoms with Crippen molar-refractivity contribution in [2.24, 2.45) is 5.92 Å². The van der Waals surface area contributed by atoms with E-state index in [1.54, 1.807) is 0 Å². The zero-order chi connectivity index (χ0) is 14.3. The van der Waals surface area contributed by atoms with E-state index in [0.717, 1.165) is 35.7 Å². The highest BCUT2D eigenvalue weighted by Crippen LogP contribution is 2.23. The Hall–Kier alpha value is -1.61. The molecule has 1 heterocycles. The number of fused-ring (bicyclic) bond motifs is 1. The zero-order valence-electron chi connectivity index (χ0n) is 12.6. The van der Waals surface area contributed by atoms with E-state index in [9.17, 15) is 0 Å². The van der Waals surface area contributed by atoms with Gasteiger partial charge in [0.15, 0.2) is 0 Å². The number of benzene rings is 1. The van der Waals surface area contributed by atoms with Crippen molar-refractivity contribution < 1.29 is 4.74 Å². The predicted octanol–water partition coefficient (Wildman–Crippen LogP) is 3.78. The number of ether oxygens (including phenoxy) is 1. The van der Waals surface area contributed by atoms with Crippen LogP contribution in [0.2, 0.25) is 0 Å². The van der Waals surface area contributed by atoms with Crippen LogP contribution in [0.1, 0.15) is 32.1 Å². The van der Waals surface area contributed by atoms with Gasteiger partial charge in [0.2, 0.25) is 0 Å². The van der Waals surface area contributed by atoms with Gasteiger partial charge in [-0.2, -0.15) is 0 Å². The number of pyridine rings is 1. The Bertz CT molecular complexity index is 559. The van der Waals surface area contributed by atoms with Crippen LogP contribution in [0.4, 0.5) is 0 Å². The van der Waals surface area contributed by atoms with Crippen LogP contribution >= 0.6 is 0 Å². The maximum atomic E-state index is 5.88. The minimum absolute atomic E-state index is 0.697. The molecular formula is C18H24N2O. The molecule has 0 bridgehead atoms. The summed E-state index contributed by atoms with van der Waals surface area (Å²) in [5.41, 5.74) is 0.951. The summed E-state index contributed by atoms with van der Waals surface area (Å²) in [5, 5.41) is 4.66. The summed E-state index contributed by atoms with van der Waals surface area (Å²) < 4.78 is 5.88. The quantitative estimate of drug-likeness (QED) is 0.820. The van der Waals surface area contributed by atoms with Crippen molar-refractivity contribution >= 4 is 10.9 Å². The zero-order valence-corrected chi connectivity index (χ0v) is 12.6. The molecule has 0 radical (unpaired) electrons. The second-order valence-electron chi connectivity index (χ2n) is 5.89. The molecule has 0 amide bonds. The Morgan fingerprint density at radius 3 is 2.86 bits per heavy atom. The molecule has 3 heteroatoms. The minimum Gasteiger partial charge on any atom is -0.490 e. The average Bonchev–Trinajstić information content (AvgIpc) is 2.56. The number of nitrogens with one attached hydrogen (secondary N) is 1. The predicted molar refractivity (Wildman–Crippen MR) is 86.7 cm³/mol. The third-order valence-electron chi connectivity index (χ3n) is 4.29. The van der Waals surface area contributed by atoms with Gasteiger partial charge in [0, 0.05) is 18.1 Å². The second-order valence-corrected chi connectivity index (χ2v) is 5.89. The van der Waals surface area contributed by atoms with Gasteiger partial charge in [-0.1, -0.05) is 37.5 Å². The number of nitrogens with zero attached hydrogens (tertiary/aromatic N) is 1. The summed E-state index contributed by atoms with van der Waals surface area (Å²) in [6.45, 7) is 2.74. The van der Waals surface area contributed by atoms with Crippen molar-refractivity contribution in [3.63, 3.8) is 0 Å². The van der Waals surface area contributed by atoms with Crippen molar-refractivity contribution in [1.82, 2.24) is 10.3 Å². The van der Waals surface area contributed by atoms with Gasteiger partial charge in [-0.25, -0.2) is 0 Å².